The average Bonchev–Trinajstić information content (AvgIpc) is 2.92. The molecule has 0 bridgehead atoms. The van der Waals surface area contributed by atoms with Crippen molar-refractivity contribution < 1.29 is 5.11 Å². The number of rotatable bonds is 2. The number of halogens is 1. The van der Waals surface area contributed by atoms with Crippen LogP contribution in [0.1, 0.15) is 22.7 Å². The third-order valence-electron chi connectivity index (χ3n) is 2.33. The summed E-state index contributed by atoms with van der Waals surface area (Å²) in [5.41, 5.74) is 2.96. The van der Waals surface area contributed by atoms with Crippen LogP contribution < -0.4 is 5.32 Å². The van der Waals surface area contributed by atoms with Crippen molar-refractivity contribution in [2.75, 3.05) is 6.54 Å². The number of nitrogens with one attached hydrogen (secondary N) is 1. The van der Waals surface area contributed by atoms with Gasteiger partial charge >= 0.3 is 0 Å². The molecule has 0 radical (unpaired) electrons. The van der Waals surface area contributed by atoms with E-state index in [1.165, 1.54) is 0 Å². The van der Waals surface area contributed by atoms with Crippen LogP contribution in [0.15, 0.2) is 12.1 Å². The van der Waals surface area contributed by atoms with E-state index in [9.17, 15) is 5.11 Å². The van der Waals surface area contributed by atoms with Gasteiger partial charge < -0.3 is 10.4 Å². The van der Waals surface area contributed by atoms with E-state index in [4.69, 9.17) is 11.6 Å². The number of aryl methyl sites for hydroxylation is 1. The number of alkyl halides is 1. The molecule has 0 aromatic heterocycles. The van der Waals surface area contributed by atoms with Gasteiger partial charge in [-0.05, 0) is 24.1 Å². The van der Waals surface area contributed by atoms with Gasteiger partial charge in [0.2, 0.25) is 0 Å². The molecule has 0 unspecified atom stereocenters. The Morgan fingerprint density at radius 3 is 2.85 bits per heavy atom. The fourth-order valence-corrected chi connectivity index (χ4v) is 1.66. The van der Waals surface area contributed by atoms with Gasteiger partial charge in [-0.1, -0.05) is 6.07 Å². The molecule has 0 saturated carbocycles. The molecule has 0 amide bonds. The molecule has 2 nitrogen and oxygen atoms in total. The SMILES string of the molecule is Cc1cc(CCl)cc([C@H]2CN2)c1O. The maximum Gasteiger partial charge on any atom is 0.123 e. The molecule has 13 heavy (non-hydrogen) atoms. The third kappa shape index (κ3) is 1.64. The van der Waals surface area contributed by atoms with Crippen LogP contribution in [0.4, 0.5) is 0 Å². The summed E-state index contributed by atoms with van der Waals surface area (Å²) in [5, 5.41) is 12.9. The molecular weight excluding hydrogens is 186 g/mol. The Bertz CT molecular complexity index is 334. The second-order valence-electron chi connectivity index (χ2n) is 3.45. The van der Waals surface area contributed by atoms with Crippen LogP contribution in [0.5, 0.6) is 5.75 Å². The lowest BCUT2D eigenvalue weighted by Crippen LogP contribution is -1.91. The van der Waals surface area contributed by atoms with Crippen LogP contribution in [0.3, 0.4) is 0 Å². The highest BCUT2D eigenvalue weighted by molar-refractivity contribution is 6.17. The Kier molecular flexibility index (Phi) is 2.18. The normalized spacial score (nSPS) is 20.3. The zero-order valence-electron chi connectivity index (χ0n) is 7.47. The number of benzene rings is 1. The fourth-order valence-electron chi connectivity index (χ4n) is 1.51. The zero-order valence-corrected chi connectivity index (χ0v) is 8.23. The minimum absolute atomic E-state index is 0.335. The Morgan fingerprint density at radius 2 is 2.31 bits per heavy atom. The van der Waals surface area contributed by atoms with Gasteiger partial charge in [-0.25, -0.2) is 0 Å². The first kappa shape index (κ1) is 8.85. The van der Waals surface area contributed by atoms with Crippen molar-refractivity contribution in [1.82, 2.24) is 5.32 Å². The zero-order chi connectivity index (χ0) is 9.42. The van der Waals surface area contributed by atoms with Gasteiger partial charge in [0.15, 0.2) is 0 Å². The van der Waals surface area contributed by atoms with E-state index in [-0.39, 0.29) is 0 Å². The number of aromatic hydroxyl groups is 1. The van der Waals surface area contributed by atoms with Crippen molar-refractivity contribution >= 4 is 11.6 Å². The van der Waals surface area contributed by atoms with E-state index in [1.54, 1.807) is 0 Å². The summed E-state index contributed by atoms with van der Waals surface area (Å²) in [6, 6.07) is 4.23. The number of hydrogen-bond donors (Lipinski definition) is 2. The quantitative estimate of drug-likeness (QED) is 0.563. The molecule has 1 aromatic rings. The van der Waals surface area contributed by atoms with Crippen molar-refractivity contribution in [3.63, 3.8) is 0 Å². The minimum Gasteiger partial charge on any atom is -0.507 e. The molecule has 1 heterocycles. The van der Waals surface area contributed by atoms with Crippen molar-refractivity contribution in [2.45, 2.75) is 18.8 Å². The Morgan fingerprint density at radius 1 is 1.62 bits per heavy atom. The molecular formula is C10H12ClNO. The van der Waals surface area contributed by atoms with Crippen molar-refractivity contribution in [3.8, 4) is 5.75 Å². The Hall–Kier alpha value is -0.730. The second-order valence-corrected chi connectivity index (χ2v) is 3.71. The van der Waals surface area contributed by atoms with E-state index >= 15 is 0 Å². The van der Waals surface area contributed by atoms with Gasteiger partial charge in [0, 0.05) is 24.0 Å². The van der Waals surface area contributed by atoms with Gasteiger partial charge in [0.25, 0.3) is 0 Å². The molecule has 1 aliphatic heterocycles. The largest absolute Gasteiger partial charge is 0.507 e. The first-order chi connectivity index (χ1) is 6.22. The summed E-state index contributed by atoms with van der Waals surface area (Å²) >= 11 is 5.75. The highest BCUT2D eigenvalue weighted by atomic mass is 35.5. The van der Waals surface area contributed by atoms with E-state index < -0.39 is 0 Å². The maximum atomic E-state index is 9.74. The average molecular weight is 198 g/mol. The van der Waals surface area contributed by atoms with E-state index in [2.05, 4.69) is 5.32 Å². The Labute approximate surface area is 82.5 Å². The molecule has 2 rings (SSSR count). The van der Waals surface area contributed by atoms with Crippen molar-refractivity contribution in [1.29, 1.82) is 0 Å². The van der Waals surface area contributed by atoms with Crippen LogP contribution in [-0.4, -0.2) is 11.7 Å². The molecule has 0 aliphatic carbocycles. The van der Waals surface area contributed by atoms with Crippen LogP contribution >= 0.6 is 11.6 Å². The van der Waals surface area contributed by atoms with Crippen LogP contribution in [-0.2, 0) is 5.88 Å². The van der Waals surface area contributed by atoms with E-state index in [0.29, 0.717) is 17.7 Å². The van der Waals surface area contributed by atoms with Crippen LogP contribution in [0, 0.1) is 6.92 Å². The van der Waals surface area contributed by atoms with Crippen LogP contribution in [0.25, 0.3) is 0 Å². The molecule has 0 spiro atoms. The molecule has 2 N–H and O–H groups in total. The maximum absolute atomic E-state index is 9.74. The number of phenolic OH excluding ortho intramolecular Hbond substituents is 1. The summed E-state index contributed by atoms with van der Waals surface area (Å²) in [5.74, 6) is 0.907. The second kappa shape index (κ2) is 3.20. The smallest absolute Gasteiger partial charge is 0.123 e. The first-order valence-corrected chi connectivity index (χ1v) is 4.87. The molecule has 1 aromatic carbocycles. The van der Waals surface area contributed by atoms with Gasteiger partial charge in [0.1, 0.15) is 5.75 Å². The van der Waals surface area contributed by atoms with Gasteiger partial charge in [-0.3, -0.25) is 0 Å². The number of phenols is 1. The van der Waals surface area contributed by atoms with E-state index in [0.717, 1.165) is 23.2 Å². The Balaban J connectivity index is 2.46. The molecule has 1 fully saturated rings. The molecule has 1 atom stereocenters. The van der Waals surface area contributed by atoms with Crippen molar-refractivity contribution in [3.05, 3.63) is 28.8 Å². The molecule has 1 saturated heterocycles. The third-order valence-corrected chi connectivity index (χ3v) is 2.64. The highest BCUT2D eigenvalue weighted by Crippen LogP contribution is 2.33. The monoisotopic (exact) mass is 197 g/mol. The van der Waals surface area contributed by atoms with E-state index in [1.807, 2.05) is 19.1 Å². The van der Waals surface area contributed by atoms with Crippen molar-refractivity contribution in [2.24, 2.45) is 0 Å². The predicted molar refractivity (Wildman–Crippen MR) is 53.1 cm³/mol. The summed E-state index contributed by atoms with van der Waals surface area (Å²) in [4.78, 5) is 0. The molecule has 3 heteroatoms. The van der Waals surface area contributed by atoms with Gasteiger partial charge in [-0.15, -0.1) is 11.6 Å². The summed E-state index contributed by atoms with van der Waals surface area (Å²) < 4.78 is 0. The predicted octanol–water partition coefficient (Wildman–Crippen LogP) is 2.08. The lowest BCUT2D eigenvalue weighted by Gasteiger charge is -2.07. The minimum atomic E-state index is 0.335. The standard InChI is InChI=1S/C10H12ClNO/c1-6-2-7(4-11)3-8(10(6)13)9-5-12-9/h2-3,9,12-13H,4-5H2,1H3/t9-/m1/s1. The molecule has 1 aliphatic rings. The molecule has 70 valence electrons. The summed E-state index contributed by atoms with van der Waals surface area (Å²) in [6.45, 7) is 2.86. The van der Waals surface area contributed by atoms with Gasteiger partial charge in [0.05, 0.1) is 0 Å². The first-order valence-electron chi connectivity index (χ1n) is 4.34. The number of hydrogen-bond acceptors (Lipinski definition) is 2. The highest BCUT2D eigenvalue weighted by Gasteiger charge is 2.26. The summed E-state index contributed by atoms with van der Waals surface area (Å²) in [7, 11) is 0. The summed E-state index contributed by atoms with van der Waals surface area (Å²) in [6.07, 6.45) is 0. The topological polar surface area (TPSA) is 42.2 Å². The van der Waals surface area contributed by atoms with Crippen LogP contribution in [0.2, 0.25) is 0 Å². The lowest BCUT2D eigenvalue weighted by atomic mass is 10.0. The van der Waals surface area contributed by atoms with Gasteiger partial charge in [-0.2, -0.15) is 0 Å². The fraction of sp³-hybridized carbons (Fsp3) is 0.400. The lowest BCUT2D eigenvalue weighted by molar-refractivity contribution is 0.463.